The van der Waals surface area contributed by atoms with E-state index in [0.29, 0.717) is 31.1 Å². The molecule has 2 aromatic rings. The molecule has 156 valence electrons. The van der Waals surface area contributed by atoms with Crippen molar-refractivity contribution in [2.75, 3.05) is 32.4 Å². The van der Waals surface area contributed by atoms with Crippen molar-refractivity contribution in [1.82, 2.24) is 10.2 Å². The van der Waals surface area contributed by atoms with Crippen LogP contribution in [0, 0.1) is 5.82 Å². The van der Waals surface area contributed by atoms with E-state index in [9.17, 15) is 8.60 Å². The number of hydrogen-bond donors (Lipinski definition) is 1. The zero-order valence-corrected chi connectivity index (χ0v) is 17.7. The second-order valence-electron chi connectivity index (χ2n) is 7.14. The van der Waals surface area contributed by atoms with E-state index >= 15 is 0 Å². The first kappa shape index (κ1) is 21.5. The maximum Gasteiger partial charge on any atom is 0.193 e. The van der Waals surface area contributed by atoms with Crippen molar-refractivity contribution in [1.29, 1.82) is 0 Å². The number of morpholine rings is 1. The Morgan fingerprint density at radius 3 is 2.62 bits per heavy atom. The second kappa shape index (κ2) is 10.5. The van der Waals surface area contributed by atoms with Crippen LogP contribution in [0.3, 0.4) is 0 Å². The minimum Gasteiger partial charge on any atom is -0.367 e. The van der Waals surface area contributed by atoms with Crippen molar-refractivity contribution >= 4 is 16.8 Å². The van der Waals surface area contributed by atoms with E-state index in [0.717, 1.165) is 17.1 Å². The van der Waals surface area contributed by atoms with E-state index in [1.807, 2.05) is 37.3 Å². The molecule has 0 amide bonds. The summed E-state index contributed by atoms with van der Waals surface area (Å²) in [4.78, 5) is 6.53. The minimum atomic E-state index is -0.937. The summed E-state index contributed by atoms with van der Waals surface area (Å²) in [5.74, 6) is 1.62. The highest BCUT2D eigenvalue weighted by molar-refractivity contribution is 7.84. The molecule has 1 fully saturated rings. The molecule has 0 radical (unpaired) electrons. The second-order valence-corrected chi connectivity index (χ2v) is 8.72. The number of hydrogen-bond acceptors (Lipinski definition) is 3. The van der Waals surface area contributed by atoms with Gasteiger partial charge in [-0.2, -0.15) is 0 Å². The summed E-state index contributed by atoms with van der Waals surface area (Å²) in [6, 6.07) is 16.3. The van der Waals surface area contributed by atoms with E-state index in [4.69, 9.17) is 4.74 Å². The monoisotopic (exact) mass is 417 g/mol. The van der Waals surface area contributed by atoms with E-state index in [1.165, 1.54) is 12.1 Å². The predicted molar refractivity (Wildman–Crippen MR) is 116 cm³/mol. The van der Waals surface area contributed by atoms with Crippen LogP contribution >= 0.6 is 0 Å². The average molecular weight is 418 g/mol. The maximum absolute atomic E-state index is 13.2. The summed E-state index contributed by atoms with van der Waals surface area (Å²) < 4.78 is 31.6. The molecule has 1 aliphatic rings. The smallest absolute Gasteiger partial charge is 0.193 e. The molecule has 0 aromatic heterocycles. The average Bonchev–Trinajstić information content (AvgIpc) is 2.72. The van der Waals surface area contributed by atoms with Gasteiger partial charge in [0.2, 0.25) is 0 Å². The van der Waals surface area contributed by atoms with Crippen molar-refractivity contribution in [2.45, 2.75) is 24.9 Å². The number of nitrogens with one attached hydrogen (secondary N) is 1. The van der Waals surface area contributed by atoms with Crippen LogP contribution in [0.4, 0.5) is 4.39 Å². The van der Waals surface area contributed by atoms with Crippen LogP contribution < -0.4 is 5.32 Å². The molecule has 3 unspecified atom stereocenters. The van der Waals surface area contributed by atoms with Gasteiger partial charge in [0.25, 0.3) is 0 Å². The van der Waals surface area contributed by atoms with Gasteiger partial charge in [0.1, 0.15) is 11.9 Å². The van der Waals surface area contributed by atoms with Gasteiger partial charge in [-0.05, 0) is 30.2 Å². The van der Waals surface area contributed by atoms with Crippen LogP contribution in [-0.2, 0) is 21.3 Å². The molecule has 3 atom stereocenters. The lowest BCUT2D eigenvalue weighted by Crippen LogP contribution is -2.51. The molecule has 7 heteroatoms. The normalized spacial score (nSPS) is 21.1. The number of ether oxygens (including phenoxy) is 1. The highest BCUT2D eigenvalue weighted by Crippen LogP contribution is 2.25. The molecular weight excluding hydrogens is 389 g/mol. The summed E-state index contributed by atoms with van der Waals surface area (Å²) in [7, 11) is 0.810. The zero-order valence-electron chi connectivity index (χ0n) is 16.9. The summed E-state index contributed by atoms with van der Waals surface area (Å²) >= 11 is 0. The number of rotatable bonds is 6. The van der Waals surface area contributed by atoms with Crippen LogP contribution in [0.1, 0.15) is 24.2 Å². The Kier molecular flexibility index (Phi) is 7.77. The Hall–Kier alpha value is -2.25. The largest absolute Gasteiger partial charge is 0.367 e. The van der Waals surface area contributed by atoms with Crippen LogP contribution in [0.2, 0.25) is 0 Å². The fraction of sp³-hybridized carbons (Fsp3) is 0.409. The number of halogens is 1. The summed E-state index contributed by atoms with van der Waals surface area (Å²) in [5, 5.41) is 3.32. The molecule has 1 saturated heterocycles. The lowest BCUT2D eigenvalue weighted by molar-refractivity contribution is -0.0604. The molecule has 2 aromatic carbocycles. The minimum absolute atomic E-state index is 0.0181. The quantitative estimate of drug-likeness (QED) is 0.580. The Morgan fingerprint density at radius 2 is 1.93 bits per heavy atom. The Bertz CT molecular complexity index is 830. The van der Waals surface area contributed by atoms with Crippen LogP contribution in [0.25, 0.3) is 0 Å². The Balaban J connectivity index is 1.53. The van der Waals surface area contributed by atoms with Crippen molar-refractivity contribution < 1.29 is 13.3 Å². The first-order chi connectivity index (χ1) is 14.0. The van der Waals surface area contributed by atoms with E-state index in [-0.39, 0.29) is 18.0 Å². The SMILES string of the molecule is CN=C(NCCS(=O)Cc1ccccc1)N1CC(C)OC(c2ccc(F)cc2)C1. The van der Waals surface area contributed by atoms with Crippen molar-refractivity contribution in [2.24, 2.45) is 4.99 Å². The van der Waals surface area contributed by atoms with Gasteiger partial charge < -0.3 is 15.0 Å². The zero-order chi connectivity index (χ0) is 20.6. The third-order valence-electron chi connectivity index (χ3n) is 4.80. The van der Waals surface area contributed by atoms with Gasteiger partial charge in [0, 0.05) is 42.4 Å². The molecular formula is C22H28FN3O2S. The van der Waals surface area contributed by atoms with Crippen molar-refractivity contribution in [3.05, 3.63) is 71.5 Å². The van der Waals surface area contributed by atoms with Gasteiger partial charge in [-0.1, -0.05) is 42.5 Å². The standard InChI is InChI=1S/C22H28FN3O2S/c1-17-14-26(15-21(28-17)19-8-10-20(23)11-9-19)22(24-2)25-12-13-29(27)16-18-6-4-3-5-7-18/h3-11,17,21H,12-16H2,1-2H3,(H,24,25). The Labute approximate surface area is 174 Å². The third kappa shape index (κ3) is 6.37. The Morgan fingerprint density at radius 1 is 1.21 bits per heavy atom. The van der Waals surface area contributed by atoms with Gasteiger partial charge in [-0.25, -0.2) is 4.39 Å². The fourth-order valence-electron chi connectivity index (χ4n) is 3.43. The number of aliphatic imine (C=N–C) groups is 1. The van der Waals surface area contributed by atoms with Crippen LogP contribution in [0.5, 0.6) is 0 Å². The molecule has 3 rings (SSSR count). The maximum atomic E-state index is 13.2. The van der Waals surface area contributed by atoms with Gasteiger partial charge in [0.15, 0.2) is 5.96 Å². The van der Waals surface area contributed by atoms with Crippen LogP contribution in [0.15, 0.2) is 59.6 Å². The molecule has 5 nitrogen and oxygen atoms in total. The molecule has 29 heavy (non-hydrogen) atoms. The molecule has 0 spiro atoms. The van der Waals surface area contributed by atoms with Gasteiger partial charge in [0.05, 0.1) is 12.6 Å². The van der Waals surface area contributed by atoms with E-state index in [2.05, 4.69) is 15.2 Å². The topological polar surface area (TPSA) is 53.9 Å². The number of guanidine groups is 1. The lowest BCUT2D eigenvalue weighted by atomic mass is 10.1. The van der Waals surface area contributed by atoms with E-state index in [1.54, 1.807) is 19.2 Å². The molecule has 0 aliphatic carbocycles. The molecule has 1 N–H and O–H groups in total. The predicted octanol–water partition coefficient (Wildman–Crippen LogP) is 3.11. The summed E-state index contributed by atoms with van der Waals surface area (Å²) in [5.41, 5.74) is 2.03. The summed E-state index contributed by atoms with van der Waals surface area (Å²) in [6.07, 6.45) is -0.130. The lowest BCUT2D eigenvalue weighted by Gasteiger charge is -2.38. The highest BCUT2D eigenvalue weighted by Gasteiger charge is 2.28. The van der Waals surface area contributed by atoms with Gasteiger partial charge >= 0.3 is 0 Å². The van der Waals surface area contributed by atoms with Gasteiger partial charge in [-0.3, -0.25) is 9.20 Å². The summed E-state index contributed by atoms with van der Waals surface area (Å²) in [6.45, 7) is 3.94. The molecule has 0 bridgehead atoms. The molecule has 1 heterocycles. The molecule has 1 aliphatic heterocycles. The first-order valence-electron chi connectivity index (χ1n) is 9.80. The van der Waals surface area contributed by atoms with Crippen LogP contribution in [-0.4, -0.2) is 53.6 Å². The first-order valence-corrected chi connectivity index (χ1v) is 11.3. The highest BCUT2D eigenvalue weighted by atomic mass is 32.2. The fourth-order valence-corrected chi connectivity index (χ4v) is 4.47. The van der Waals surface area contributed by atoms with Crippen molar-refractivity contribution in [3.63, 3.8) is 0 Å². The molecule has 0 saturated carbocycles. The third-order valence-corrected chi connectivity index (χ3v) is 6.11. The number of nitrogens with zero attached hydrogens (tertiary/aromatic N) is 2. The van der Waals surface area contributed by atoms with Crippen molar-refractivity contribution in [3.8, 4) is 0 Å². The van der Waals surface area contributed by atoms with Gasteiger partial charge in [-0.15, -0.1) is 0 Å². The number of benzene rings is 2. The van der Waals surface area contributed by atoms with E-state index < -0.39 is 10.8 Å².